The summed E-state index contributed by atoms with van der Waals surface area (Å²) in [5.41, 5.74) is 0.769. The smallest absolute Gasteiger partial charge is 0.168 e. The number of rotatable bonds is 0. The van der Waals surface area contributed by atoms with Gasteiger partial charge in [0, 0.05) is 18.3 Å². The lowest BCUT2D eigenvalue weighted by molar-refractivity contribution is -0.322. The van der Waals surface area contributed by atoms with Gasteiger partial charge in [-0.25, -0.2) is 0 Å². The van der Waals surface area contributed by atoms with Crippen molar-refractivity contribution in [3.63, 3.8) is 0 Å². The fourth-order valence-corrected chi connectivity index (χ4v) is 4.02. The van der Waals surface area contributed by atoms with Gasteiger partial charge in [-0.15, -0.1) is 0 Å². The first-order valence-corrected chi connectivity index (χ1v) is 7.31. The normalized spacial score (nSPS) is 34.2. The zero-order valence-electron chi connectivity index (χ0n) is 11.4. The van der Waals surface area contributed by atoms with Gasteiger partial charge in [-0.2, -0.15) is 0 Å². The van der Waals surface area contributed by atoms with Gasteiger partial charge in [-0.1, -0.05) is 26.7 Å². The molecule has 2 nitrogen and oxygen atoms in total. The largest absolute Gasteiger partial charge is 0.349 e. The molecule has 1 aliphatic heterocycles. The third-order valence-electron chi connectivity index (χ3n) is 5.03. The van der Waals surface area contributed by atoms with E-state index in [4.69, 9.17) is 9.47 Å². The van der Waals surface area contributed by atoms with Crippen LogP contribution in [-0.2, 0) is 9.47 Å². The lowest BCUT2D eigenvalue weighted by Gasteiger charge is -2.50. The predicted molar refractivity (Wildman–Crippen MR) is 67.8 cm³/mol. The van der Waals surface area contributed by atoms with Crippen LogP contribution < -0.4 is 0 Å². The Morgan fingerprint density at radius 1 is 0.765 bits per heavy atom. The van der Waals surface area contributed by atoms with Gasteiger partial charge in [0.25, 0.3) is 0 Å². The Morgan fingerprint density at radius 2 is 1.35 bits per heavy atom. The highest BCUT2D eigenvalue weighted by Gasteiger charge is 2.50. The summed E-state index contributed by atoms with van der Waals surface area (Å²) in [4.78, 5) is 0. The molecule has 0 amide bonds. The first-order valence-electron chi connectivity index (χ1n) is 7.31. The molecule has 2 aliphatic carbocycles. The van der Waals surface area contributed by atoms with Crippen molar-refractivity contribution >= 4 is 0 Å². The second-order valence-corrected chi connectivity index (χ2v) is 7.39. The molecule has 0 aromatic rings. The minimum atomic E-state index is -0.210. The lowest BCUT2D eigenvalue weighted by atomic mass is 9.70. The van der Waals surface area contributed by atoms with Crippen LogP contribution in [0.5, 0.6) is 0 Å². The monoisotopic (exact) mass is 238 g/mol. The van der Waals surface area contributed by atoms with Crippen LogP contribution >= 0.6 is 0 Å². The summed E-state index contributed by atoms with van der Waals surface area (Å²) in [7, 11) is 0. The van der Waals surface area contributed by atoms with E-state index >= 15 is 0 Å². The van der Waals surface area contributed by atoms with E-state index in [1.807, 2.05) is 0 Å². The van der Waals surface area contributed by atoms with Crippen LogP contribution in [0.2, 0.25) is 0 Å². The molecule has 0 bridgehead atoms. The molecule has 17 heavy (non-hydrogen) atoms. The second kappa shape index (κ2) is 3.96. The van der Waals surface area contributed by atoms with Gasteiger partial charge in [0.2, 0.25) is 0 Å². The van der Waals surface area contributed by atoms with Gasteiger partial charge in [-0.05, 0) is 31.1 Å². The number of hydrogen-bond acceptors (Lipinski definition) is 2. The SMILES string of the molecule is CC1(C)COC2(CCCC3(CCCC3)C2)OC1. The number of ether oxygens (including phenoxy) is 2. The van der Waals surface area contributed by atoms with Crippen molar-refractivity contribution in [2.75, 3.05) is 13.2 Å². The van der Waals surface area contributed by atoms with Crippen molar-refractivity contribution in [1.29, 1.82) is 0 Å². The molecule has 98 valence electrons. The summed E-state index contributed by atoms with van der Waals surface area (Å²) in [5.74, 6) is -0.210. The Bertz CT molecular complexity index is 279. The third kappa shape index (κ3) is 2.26. The van der Waals surface area contributed by atoms with E-state index in [0.717, 1.165) is 26.1 Å². The molecule has 2 spiro atoms. The topological polar surface area (TPSA) is 18.5 Å². The summed E-state index contributed by atoms with van der Waals surface area (Å²) >= 11 is 0. The number of hydrogen-bond donors (Lipinski definition) is 0. The zero-order valence-corrected chi connectivity index (χ0v) is 11.4. The highest BCUT2D eigenvalue weighted by atomic mass is 16.7. The molecule has 0 atom stereocenters. The molecule has 0 aromatic heterocycles. The predicted octanol–water partition coefficient (Wildman–Crippen LogP) is 3.89. The molecule has 1 heterocycles. The molecule has 0 radical (unpaired) electrons. The third-order valence-corrected chi connectivity index (χ3v) is 5.03. The van der Waals surface area contributed by atoms with Crippen molar-refractivity contribution in [3.8, 4) is 0 Å². The van der Waals surface area contributed by atoms with E-state index in [2.05, 4.69) is 13.8 Å². The molecule has 3 aliphatic rings. The van der Waals surface area contributed by atoms with E-state index in [1.165, 1.54) is 38.5 Å². The average molecular weight is 238 g/mol. The molecule has 0 N–H and O–H groups in total. The van der Waals surface area contributed by atoms with Crippen LogP contribution in [-0.4, -0.2) is 19.0 Å². The van der Waals surface area contributed by atoms with E-state index in [9.17, 15) is 0 Å². The summed E-state index contributed by atoms with van der Waals surface area (Å²) in [6.07, 6.45) is 10.6. The maximum Gasteiger partial charge on any atom is 0.168 e. The summed E-state index contributed by atoms with van der Waals surface area (Å²) in [6.45, 7) is 6.19. The van der Waals surface area contributed by atoms with Gasteiger partial charge in [0.15, 0.2) is 5.79 Å². The van der Waals surface area contributed by atoms with Crippen molar-refractivity contribution in [2.24, 2.45) is 10.8 Å². The fraction of sp³-hybridized carbons (Fsp3) is 1.00. The molecular formula is C15H26O2. The van der Waals surface area contributed by atoms with Gasteiger partial charge in [-0.3, -0.25) is 0 Å². The van der Waals surface area contributed by atoms with Crippen molar-refractivity contribution in [1.82, 2.24) is 0 Å². The Morgan fingerprint density at radius 3 is 2.00 bits per heavy atom. The lowest BCUT2D eigenvalue weighted by Crippen LogP contribution is -2.52. The first kappa shape index (κ1) is 12.0. The van der Waals surface area contributed by atoms with Crippen LogP contribution in [0.15, 0.2) is 0 Å². The Kier molecular flexibility index (Phi) is 2.79. The highest BCUT2D eigenvalue weighted by Crippen LogP contribution is 2.54. The average Bonchev–Trinajstić information content (AvgIpc) is 2.72. The van der Waals surface area contributed by atoms with Crippen LogP contribution in [0, 0.1) is 10.8 Å². The standard InChI is InChI=1S/C15H26O2/c1-13(2)11-16-15(17-12-13)9-5-8-14(10-15)6-3-4-7-14/h3-12H2,1-2H3. The molecule has 1 saturated heterocycles. The maximum absolute atomic E-state index is 6.19. The zero-order chi connectivity index (χ0) is 12.0. The molecule has 0 unspecified atom stereocenters. The van der Waals surface area contributed by atoms with Gasteiger partial charge in [0.1, 0.15) is 0 Å². The fourth-order valence-electron chi connectivity index (χ4n) is 4.02. The van der Waals surface area contributed by atoms with Crippen molar-refractivity contribution < 1.29 is 9.47 Å². The summed E-state index contributed by atoms with van der Waals surface area (Å²) in [5, 5.41) is 0. The van der Waals surface area contributed by atoms with E-state index in [1.54, 1.807) is 0 Å². The van der Waals surface area contributed by atoms with Gasteiger partial charge in [0.05, 0.1) is 13.2 Å². The molecule has 2 saturated carbocycles. The second-order valence-electron chi connectivity index (χ2n) is 7.39. The minimum absolute atomic E-state index is 0.200. The van der Waals surface area contributed by atoms with Crippen LogP contribution in [0.3, 0.4) is 0 Å². The Balaban J connectivity index is 1.71. The molecular weight excluding hydrogens is 212 g/mol. The molecule has 0 aromatic carbocycles. The van der Waals surface area contributed by atoms with Crippen LogP contribution in [0.4, 0.5) is 0 Å². The van der Waals surface area contributed by atoms with E-state index < -0.39 is 0 Å². The maximum atomic E-state index is 6.19. The Hall–Kier alpha value is -0.0800. The van der Waals surface area contributed by atoms with Gasteiger partial charge < -0.3 is 9.47 Å². The minimum Gasteiger partial charge on any atom is -0.349 e. The molecule has 2 heteroatoms. The van der Waals surface area contributed by atoms with E-state index in [-0.39, 0.29) is 11.2 Å². The van der Waals surface area contributed by atoms with Crippen LogP contribution in [0.25, 0.3) is 0 Å². The van der Waals surface area contributed by atoms with Crippen molar-refractivity contribution in [2.45, 2.75) is 71.0 Å². The molecule has 3 rings (SSSR count). The van der Waals surface area contributed by atoms with E-state index in [0.29, 0.717) is 5.41 Å². The highest BCUT2D eigenvalue weighted by molar-refractivity contribution is 4.95. The summed E-state index contributed by atoms with van der Waals surface area (Å²) in [6, 6.07) is 0. The van der Waals surface area contributed by atoms with Gasteiger partial charge >= 0.3 is 0 Å². The Labute approximate surface area is 105 Å². The first-order chi connectivity index (χ1) is 8.04. The molecule has 3 fully saturated rings. The van der Waals surface area contributed by atoms with Crippen molar-refractivity contribution in [3.05, 3.63) is 0 Å². The quantitative estimate of drug-likeness (QED) is 0.637. The summed E-state index contributed by atoms with van der Waals surface area (Å²) < 4.78 is 12.4. The van der Waals surface area contributed by atoms with Crippen LogP contribution in [0.1, 0.15) is 65.2 Å².